The van der Waals surface area contributed by atoms with E-state index in [1.807, 2.05) is 0 Å². The van der Waals surface area contributed by atoms with E-state index >= 15 is 0 Å². The minimum absolute atomic E-state index is 0.954. The quantitative estimate of drug-likeness (QED) is 0.357. The van der Waals surface area contributed by atoms with Crippen LogP contribution in [0.5, 0.6) is 0 Å². The Balaban J connectivity index is 2.71. The van der Waals surface area contributed by atoms with Gasteiger partial charge in [0.05, 0.1) is 0 Å². The summed E-state index contributed by atoms with van der Waals surface area (Å²) in [6.45, 7) is 7.04. The Labute approximate surface area is 139 Å². The van der Waals surface area contributed by atoms with Crippen molar-refractivity contribution in [1.29, 1.82) is 0 Å². The molecular formula is C20H33Sn. The van der Waals surface area contributed by atoms with Crippen molar-refractivity contribution >= 4 is 25.8 Å². The van der Waals surface area contributed by atoms with Crippen LogP contribution in [0.2, 0.25) is 12.8 Å². The van der Waals surface area contributed by atoms with Gasteiger partial charge in [-0.2, -0.15) is 0 Å². The van der Waals surface area contributed by atoms with Crippen LogP contribution in [0.4, 0.5) is 0 Å². The second kappa shape index (κ2) is 12.3. The van der Waals surface area contributed by atoms with Crippen molar-refractivity contribution in [3.8, 4) is 0 Å². The normalized spacial score (nSPS) is 13.1. The second-order valence-corrected chi connectivity index (χ2v) is 14.8. The summed E-state index contributed by atoms with van der Waals surface area (Å²) < 4.78 is 4.15. The summed E-state index contributed by atoms with van der Waals surface area (Å²) in [5.41, 5.74) is 1.37. The van der Waals surface area contributed by atoms with Gasteiger partial charge in [0, 0.05) is 0 Å². The predicted octanol–water partition coefficient (Wildman–Crippen LogP) is 6.97. The summed E-state index contributed by atoms with van der Waals surface area (Å²) in [5, 5.41) is 0. The SMILES string of the molecule is CCC[CH2][Sn]([CH2]CCC)[CH](/C=C/c1ccccc1)CCC. The molecule has 0 bridgehead atoms. The summed E-state index contributed by atoms with van der Waals surface area (Å²) in [5.74, 6) is 0. The zero-order chi connectivity index (χ0) is 15.3. The Morgan fingerprint density at radius 2 is 1.52 bits per heavy atom. The molecular weight excluding hydrogens is 359 g/mol. The molecule has 0 saturated heterocycles. The summed E-state index contributed by atoms with van der Waals surface area (Å²) in [6.07, 6.45) is 13.4. The van der Waals surface area contributed by atoms with Gasteiger partial charge in [-0.05, 0) is 0 Å². The molecule has 1 radical (unpaired) electrons. The molecule has 0 fully saturated rings. The average Bonchev–Trinajstić information content (AvgIpc) is 2.53. The van der Waals surface area contributed by atoms with Crippen LogP contribution < -0.4 is 0 Å². The minimum atomic E-state index is -1.26. The third-order valence-corrected chi connectivity index (χ3v) is 14.2. The first-order chi connectivity index (χ1) is 10.3. The van der Waals surface area contributed by atoms with E-state index in [4.69, 9.17) is 0 Å². The van der Waals surface area contributed by atoms with E-state index in [1.54, 1.807) is 8.87 Å². The summed E-state index contributed by atoms with van der Waals surface area (Å²) in [6, 6.07) is 10.8. The number of allylic oxidation sites excluding steroid dienone is 1. The van der Waals surface area contributed by atoms with Gasteiger partial charge in [-0.25, -0.2) is 0 Å². The van der Waals surface area contributed by atoms with Crippen LogP contribution in [0.1, 0.15) is 64.9 Å². The van der Waals surface area contributed by atoms with Gasteiger partial charge in [0.1, 0.15) is 0 Å². The Bertz CT molecular complexity index is 361. The molecule has 0 saturated carbocycles. The van der Waals surface area contributed by atoms with Crippen molar-refractivity contribution in [3.05, 3.63) is 42.0 Å². The molecule has 0 nitrogen and oxygen atoms in total. The molecule has 0 aliphatic carbocycles. The molecule has 0 amide bonds. The molecule has 21 heavy (non-hydrogen) atoms. The van der Waals surface area contributed by atoms with Crippen molar-refractivity contribution in [2.24, 2.45) is 0 Å². The molecule has 1 atom stereocenters. The van der Waals surface area contributed by atoms with Crippen LogP contribution in [-0.2, 0) is 0 Å². The fraction of sp³-hybridized carbons (Fsp3) is 0.600. The Kier molecular flexibility index (Phi) is 11.0. The van der Waals surface area contributed by atoms with Gasteiger partial charge >= 0.3 is 140 Å². The Morgan fingerprint density at radius 3 is 2.05 bits per heavy atom. The first-order valence-electron chi connectivity index (χ1n) is 8.89. The maximum absolute atomic E-state index is 2.58. The van der Waals surface area contributed by atoms with Gasteiger partial charge in [-0.3, -0.25) is 0 Å². The third-order valence-electron chi connectivity index (χ3n) is 4.15. The molecule has 0 N–H and O–H groups in total. The summed E-state index contributed by atoms with van der Waals surface area (Å²) in [4.78, 5) is 0. The van der Waals surface area contributed by atoms with Gasteiger partial charge in [0.2, 0.25) is 0 Å². The van der Waals surface area contributed by atoms with Gasteiger partial charge < -0.3 is 0 Å². The second-order valence-electron chi connectivity index (χ2n) is 6.03. The Hall–Kier alpha value is -0.241. The Morgan fingerprint density at radius 1 is 0.905 bits per heavy atom. The molecule has 1 unspecified atom stereocenters. The maximum atomic E-state index is 2.58. The van der Waals surface area contributed by atoms with E-state index < -0.39 is 19.8 Å². The predicted molar refractivity (Wildman–Crippen MR) is 99.3 cm³/mol. The van der Waals surface area contributed by atoms with Gasteiger partial charge in [0.15, 0.2) is 0 Å². The molecule has 0 spiro atoms. The number of benzene rings is 1. The first kappa shape index (κ1) is 18.8. The van der Waals surface area contributed by atoms with Gasteiger partial charge in [-0.1, -0.05) is 0 Å². The van der Waals surface area contributed by atoms with E-state index in [9.17, 15) is 0 Å². The van der Waals surface area contributed by atoms with Crippen molar-refractivity contribution in [1.82, 2.24) is 0 Å². The summed E-state index contributed by atoms with van der Waals surface area (Å²) >= 11 is -1.26. The van der Waals surface area contributed by atoms with Crippen LogP contribution in [0, 0.1) is 0 Å². The van der Waals surface area contributed by atoms with Crippen LogP contribution >= 0.6 is 0 Å². The standard InChI is InChI=1S/C12H15.2C4H9.Sn/c1-2-3-4-6-9-12-10-7-5-8-11-12;2*1-3-4-2;/h4-11H,2-3H2,1H3;2*1,3-4H2,2H3;/b9-6+;;;. The number of rotatable bonds is 11. The van der Waals surface area contributed by atoms with E-state index in [0.717, 1.165) is 3.93 Å². The van der Waals surface area contributed by atoms with Crippen molar-refractivity contribution in [3.63, 3.8) is 0 Å². The molecule has 1 aromatic rings. The van der Waals surface area contributed by atoms with Crippen molar-refractivity contribution < 1.29 is 0 Å². The topological polar surface area (TPSA) is 0 Å². The first-order valence-corrected chi connectivity index (χ1v) is 14.6. The summed E-state index contributed by atoms with van der Waals surface area (Å²) in [7, 11) is 0. The zero-order valence-electron chi connectivity index (χ0n) is 14.3. The van der Waals surface area contributed by atoms with E-state index in [1.165, 1.54) is 44.1 Å². The molecule has 0 heterocycles. The fourth-order valence-corrected chi connectivity index (χ4v) is 13.3. The van der Waals surface area contributed by atoms with E-state index in [0.29, 0.717) is 0 Å². The molecule has 0 aliphatic heterocycles. The van der Waals surface area contributed by atoms with Gasteiger partial charge in [-0.15, -0.1) is 0 Å². The van der Waals surface area contributed by atoms with E-state index in [2.05, 4.69) is 63.3 Å². The average molecular weight is 392 g/mol. The third kappa shape index (κ3) is 8.09. The number of hydrogen-bond donors (Lipinski definition) is 0. The molecule has 1 heteroatoms. The molecule has 1 aromatic carbocycles. The molecule has 117 valence electrons. The van der Waals surface area contributed by atoms with Crippen molar-refractivity contribution in [2.45, 2.75) is 72.1 Å². The van der Waals surface area contributed by atoms with E-state index in [-0.39, 0.29) is 0 Å². The van der Waals surface area contributed by atoms with Crippen LogP contribution in [-0.4, -0.2) is 19.8 Å². The fourth-order valence-electron chi connectivity index (χ4n) is 2.84. The molecule has 0 aliphatic rings. The van der Waals surface area contributed by atoms with Crippen LogP contribution in [0.25, 0.3) is 6.08 Å². The monoisotopic (exact) mass is 393 g/mol. The van der Waals surface area contributed by atoms with Crippen LogP contribution in [0.15, 0.2) is 36.4 Å². The zero-order valence-corrected chi connectivity index (χ0v) is 17.1. The van der Waals surface area contributed by atoms with Gasteiger partial charge in [0.25, 0.3) is 0 Å². The number of unbranched alkanes of at least 4 members (excludes halogenated alkanes) is 2. The molecule has 1 rings (SSSR count). The molecule has 0 aromatic heterocycles. The van der Waals surface area contributed by atoms with Crippen molar-refractivity contribution in [2.75, 3.05) is 0 Å². The van der Waals surface area contributed by atoms with Crippen LogP contribution in [0.3, 0.4) is 0 Å². The number of hydrogen-bond acceptors (Lipinski definition) is 0.